The predicted octanol–water partition coefficient (Wildman–Crippen LogP) is 2.60. The molecule has 0 aliphatic carbocycles. The summed E-state index contributed by atoms with van der Waals surface area (Å²) in [5.74, 6) is 0.144. The number of benzene rings is 1. The van der Waals surface area contributed by atoms with Gasteiger partial charge in [-0.3, -0.25) is 9.59 Å². The van der Waals surface area contributed by atoms with Crippen LogP contribution >= 0.6 is 0 Å². The zero-order valence-corrected chi connectivity index (χ0v) is 12.7. The summed E-state index contributed by atoms with van der Waals surface area (Å²) in [7, 11) is 0. The molecule has 114 valence electrons. The summed E-state index contributed by atoms with van der Waals surface area (Å²) < 4.78 is 0. The van der Waals surface area contributed by atoms with E-state index in [1.807, 2.05) is 23.1 Å². The number of carbonyl (C=O) groups is 2. The van der Waals surface area contributed by atoms with Gasteiger partial charge in [0, 0.05) is 31.1 Å². The molecule has 1 fully saturated rings. The lowest BCUT2D eigenvalue weighted by Crippen LogP contribution is -2.42. The molecule has 21 heavy (non-hydrogen) atoms. The maximum absolute atomic E-state index is 12.1. The van der Waals surface area contributed by atoms with Crippen molar-refractivity contribution in [3.8, 4) is 0 Å². The number of piperidine rings is 1. The minimum atomic E-state index is -0.0746. The van der Waals surface area contributed by atoms with Crippen molar-refractivity contribution in [2.45, 2.75) is 45.1 Å². The van der Waals surface area contributed by atoms with Crippen molar-refractivity contribution >= 4 is 11.8 Å². The average Bonchev–Trinajstić information content (AvgIpc) is 2.52. The molecular weight excluding hydrogens is 264 g/mol. The minimum Gasteiger partial charge on any atom is -0.352 e. The summed E-state index contributed by atoms with van der Waals surface area (Å²) in [6.07, 6.45) is 4.65. The third-order valence-electron chi connectivity index (χ3n) is 4.01. The van der Waals surface area contributed by atoms with Gasteiger partial charge in [0.1, 0.15) is 0 Å². The molecule has 0 spiro atoms. The standard InChI is InChI=1S/C17H24N2O2/c1-14-8-5-6-13-19(14)16(20)11-7-12-18-17(21)15-9-3-2-4-10-15/h2-4,9-10,14H,5-8,11-13H2,1H3,(H,18,21)/t14-/m0/s1. The molecule has 0 saturated carbocycles. The van der Waals surface area contributed by atoms with Crippen LogP contribution in [0.25, 0.3) is 0 Å². The highest BCUT2D eigenvalue weighted by Crippen LogP contribution is 2.17. The summed E-state index contributed by atoms with van der Waals surface area (Å²) in [5, 5.41) is 2.86. The summed E-state index contributed by atoms with van der Waals surface area (Å²) >= 11 is 0. The van der Waals surface area contributed by atoms with Crippen LogP contribution in [0.3, 0.4) is 0 Å². The lowest BCUT2D eigenvalue weighted by molar-refractivity contribution is -0.134. The van der Waals surface area contributed by atoms with Crippen LogP contribution in [0.5, 0.6) is 0 Å². The number of nitrogens with zero attached hydrogens (tertiary/aromatic N) is 1. The molecule has 0 unspecified atom stereocenters. The second-order valence-electron chi connectivity index (χ2n) is 5.66. The van der Waals surface area contributed by atoms with Gasteiger partial charge in [0.15, 0.2) is 0 Å². The zero-order chi connectivity index (χ0) is 15.1. The van der Waals surface area contributed by atoms with E-state index in [2.05, 4.69) is 12.2 Å². The molecule has 2 rings (SSSR count). The van der Waals surface area contributed by atoms with Crippen LogP contribution in [-0.2, 0) is 4.79 Å². The molecule has 4 nitrogen and oxygen atoms in total. The van der Waals surface area contributed by atoms with Gasteiger partial charge in [0.05, 0.1) is 0 Å². The third-order valence-corrected chi connectivity index (χ3v) is 4.01. The van der Waals surface area contributed by atoms with Crippen molar-refractivity contribution in [3.05, 3.63) is 35.9 Å². The Kier molecular flexibility index (Phi) is 5.78. The van der Waals surface area contributed by atoms with Gasteiger partial charge < -0.3 is 10.2 Å². The van der Waals surface area contributed by atoms with E-state index >= 15 is 0 Å². The van der Waals surface area contributed by atoms with Crippen molar-refractivity contribution in [1.29, 1.82) is 0 Å². The molecule has 2 amide bonds. The fourth-order valence-electron chi connectivity index (χ4n) is 2.75. The van der Waals surface area contributed by atoms with E-state index in [0.717, 1.165) is 19.4 Å². The molecule has 1 N–H and O–H groups in total. The first-order chi connectivity index (χ1) is 10.2. The van der Waals surface area contributed by atoms with E-state index in [-0.39, 0.29) is 11.8 Å². The molecule has 0 radical (unpaired) electrons. The molecular formula is C17H24N2O2. The van der Waals surface area contributed by atoms with Crippen LogP contribution < -0.4 is 5.32 Å². The van der Waals surface area contributed by atoms with Gasteiger partial charge in [0.25, 0.3) is 5.91 Å². The highest BCUT2D eigenvalue weighted by Gasteiger charge is 2.22. The summed E-state index contributed by atoms with van der Waals surface area (Å²) in [5.41, 5.74) is 0.661. The Morgan fingerprint density at radius 1 is 1.24 bits per heavy atom. The lowest BCUT2D eigenvalue weighted by atomic mass is 10.0. The molecule has 4 heteroatoms. The Morgan fingerprint density at radius 3 is 2.71 bits per heavy atom. The van der Waals surface area contributed by atoms with Crippen molar-refractivity contribution < 1.29 is 9.59 Å². The maximum Gasteiger partial charge on any atom is 0.251 e. The Balaban J connectivity index is 1.67. The maximum atomic E-state index is 12.1. The predicted molar refractivity (Wildman–Crippen MR) is 83.0 cm³/mol. The molecule has 1 aromatic carbocycles. The quantitative estimate of drug-likeness (QED) is 0.847. The number of nitrogens with one attached hydrogen (secondary N) is 1. The fourth-order valence-corrected chi connectivity index (χ4v) is 2.75. The Bertz CT molecular complexity index is 473. The third kappa shape index (κ3) is 4.59. The first-order valence-corrected chi connectivity index (χ1v) is 7.81. The van der Waals surface area contributed by atoms with E-state index in [1.54, 1.807) is 12.1 Å². The van der Waals surface area contributed by atoms with Gasteiger partial charge in [-0.2, -0.15) is 0 Å². The fraction of sp³-hybridized carbons (Fsp3) is 0.529. The Labute approximate surface area is 126 Å². The number of carbonyl (C=O) groups excluding carboxylic acids is 2. The van der Waals surface area contributed by atoms with Gasteiger partial charge in [-0.1, -0.05) is 18.2 Å². The summed E-state index contributed by atoms with van der Waals surface area (Å²) in [4.78, 5) is 26.0. The number of likely N-dealkylation sites (tertiary alicyclic amines) is 1. The minimum absolute atomic E-state index is 0.0746. The lowest BCUT2D eigenvalue weighted by Gasteiger charge is -2.33. The van der Waals surface area contributed by atoms with Crippen molar-refractivity contribution in [2.75, 3.05) is 13.1 Å². The SMILES string of the molecule is C[C@H]1CCCCN1C(=O)CCCNC(=O)c1ccccc1. The molecule has 1 aliphatic heterocycles. The van der Waals surface area contributed by atoms with E-state index in [1.165, 1.54) is 6.42 Å². The van der Waals surface area contributed by atoms with Gasteiger partial charge in [-0.05, 0) is 44.7 Å². The number of rotatable bonds is 5. The smallest absolute Gasteiger partial charge is 0.251 e. The van der Waals surface area contributed by atoms with Crippen LogP contribution in [0.1, 0.15) is 49.4 Å². The van der Waals surface area contributed by atoms with Gasteiger partial charge in [-0.15, -0.1) is 0 Å². The first-order valence-electron chi connectivity index (χ1n) is 7.81. The van der Waals surface area contributed by atoms with Crippen LogP contribution in [-0.4, -0.2) is 35.8 Å². The van der Waals surface area contributed by atoms with E-state index in [0.29, 0.717) is 31.0 Å². The van der Waals surface area contributed by atoms with Gasteiger partial charge in [-0.25, -0.2) is 0 Å². The van der Waals surface area contributed by atoms with Crippen molar-refractivity contribution in [3.63, 3.8) is 0 Å². The molecule has 1 aliphatic rings. The van der Waals surface area contributed by atoms with Crippen LogP contribution in [0.4, 0.5) is 0 Å². The Morgan fingerprint density at radius 2 is 2.00 bits per heavy atom. The topological polar surface area (TPSA) is 49.4 Å². The monoisotopic (exact) mass is 288 g/mol. The molecule has 1 aromatic rings. The molecule has 1 heterocycles. The highest BCUT2D eigenvalue weighted by atomic mass is 16.2. The molecule has 0 aromatic heterocycles. The molecule has 1 saturated heterocycles. The second kappa shape index (κ2) is 7.81. The summed E-state index contributed by atoms with van der Waals surface area (Å²) in [6, 6.07) is 9.51. The summed E-state index contributed by atoms with van der Waals surface area (Å²) in [6.45, 7) is 3.55. The highest BCUT2D eigenvalue weighted by molar-refractivity contribution is 5.94. The zero-order valence-electron chi connectivity index (χ0n) is 12.7. The number of hydrogen-bond donors (Lipinski definition) is 1. The number of amides is 2. The van der Waals surface area contributed by atoms with Gasteiger partial charge >= 0.3 is 0 Å². The van der Waals surface area contributed by atoms with Crippen LogP contribution in [0.15, 0.2) is 30.3 Å². The largest absolute Gasteiger partial charge is 0.352 e. The molecule has 1 atom stereocenters. The van der Waals surface area contributed by atoms with E-state index < -0.39 is 0 Å². The normalized spacial score (nSPS) is 18.3. The second-order valence-corrected chi connectivity index (χ2v) is 5.66. The Hall–Kier alpha value is -1.84. The van der Waals surface area contributed by atoms with Crippen molar-refractivity contribution in [2.24, 2.45) is 0 Å². The van der Waals surface area contributed by atoms with Crippen LogP contribution in [0.2, 0.25) is 0 Å². The first kappa shape index (κ1) is 15.5. The van der Waals surface area contributed by atoms with Crippen molar-refractivity contribution in [1.82, 2.24) is 10.2 Å². The van der Waals surface area contributed by atoms with E-state index in [9.17, 15) is 9.59 Å². The van der Waals surface area contributed by atoms with Gasteiger partial charge in [0.2, 0.25) is 5.91 Å². The average molecular weight is 288 g/mol. The van der Waals surface area contributed by atoms with E-state index in [4.69, 9.17) is 0 Å². The molecule has 0 bridgehead atoms. The number of hydrogen-bond acceptors (Lipinski definition) is 2. The van der Waals surface area contributed by atoms with Crippen LogP contribution in [0, 0.1) is 0 Å².